The van der Waals surface area contributed by atoms with Gasteiger partial charge in [0, 0.05) is 11.9 Å². The van der Waals surface area contributed by atoms with Crippen LogP contribution < -0.4 is 10.1 Å². The second-order valence-corrected chi connectivity index (χ2v) is 6.69. The topological polar surface area (TPSA) is 85.6 Å². The van der Waals surface area contributed by atoms with Crippen molar-refractivity contribution in [2.75, 3.05) is 23.9 Å². The largest absolute Gasteiger partial charge is 0.493 e. The number of amides is 1. The monoisotopic (exact) mass is 309 g/mol. The molecule has 1 amide bonds. The number of ether oxygens (including phenoxy) is 1. The summed E-state index contributed by atoms with van der Waals surface area (Å²) in [6.45, 7) is 0.0942. The van der Waals surface area contributed by atoms with Crippen molar-refractivity contribution in [3.8, 4) is 5.75 Å². The van der Waals surface area contributed by atoms with Crippen molar-refractivity contribution >= 4 is 21.4 Å². The van der Waals surface area contributed by atoms with E-state index in [1.165, 1.54) is 6.26 Å². The Balaban J connectivity index is 1.88. The number of rotatable bonds is 6. The van der Waals surface area contributed by atoms with Gasteiger partial charge in [0.2, 0.25) is 0 Å². The number of anilines is 1. The van der Waals surface area contributed by atoms with Crippen molar-refractivity contribution in [1.82, 2.24) is 0 Å². The first-order valence-corrected chi connectivity index (χ1v) is 8.25. The number of sulfone groups is 1. The Labute approximate surface area is 122 Å². The fourth-order valence-corrected chi connectivity index (χ4v) is 1.93. The van der Waals surface area contributed by atoms with Crippen LogP contribution in [0.25, 0.3) is 0 Å². The predicted octanol–water partition coefficient (Wildman–Crippen LogP) is 1.96. The zero-order valence-electron chi connectivity index (χ0n) is 11.4. The van der Waals surface area contributed by atoms with Crippen LogP contribution >= 0.6 is 0 Å². The van der Waals surface area contributed by atoms with E-state index in [4.69, 9.17) is 9.15 Å². The van der Waals surface area contributed by atoms with E-state index >= 15 is 0 Å². The molecule has 0 atom stereocenters. The van der Waals surface area contributed by atoms with E-state index < -0.39 is 9.84 Å². The predicted molar refractivity (Wildman–Crippen MR) is 78.3 cm³/mol. The molecule has 1 aromatic heterocycles. The molecule has 1 N–H and O–H groups in total. The van der Waals surface area contributed by atoms with Crippen molar-refractivity contribution in [2.24, 2.45) is 0 Å². The summed E-state index contributed by atoms with van der Waals surface area (Å²) in [5, 5.41) is 2.67. The maximum atomic E-state index is 11.7. The molecule has 1 aromatic carbocycles. The van der Waals surface area contributed by atoms with Crippen LogP contribution in [0.3, 0.4) is 0 Å². The molecule has 112 valence electrons. The van der Waals surface area contributed by atoms with E-state index in [2.05, 4.69) is 5.32 Å². The number of benzene rings is 1. The van der Waals surface area contributed by atoms with Crippen LogP contribution in [0.5, 0.6) is 5.75 Å². The second-order valence-electron chi connectivity index (χ2n) is 4.43. The highest BCUT2D eigenvalue weighted by atomic mass is 32.2. The molecule has 0 spiro atoms. The van der Waals surface area contributed by atoms with Gasteiger partial charge in [-0.2, -0.15) is 0 Å². The SMILES string of the molecule is CS(=O)(=O)CCOc1ccc(NC(=O)c2ccco2)cc1. The lowest BCUT2D eigenvalue weighted by Crippen LogP contribution is -2.12. The lowest BCUT2D eigenvalue weighted by Gasteiger charge is -2.07. The molecule has 0 radical (unpaired) electrons. The summed E-state index contributed by atoms with van der Waals surface area (Å²) in [6.07, 6.45) is 2.58. The molecule has 0 aliphatic heterocycles. The van der Waals surface area contributed by atoms with Gasteiger partial charge < -0.3 is 14.5 Å². The van der Waals surface area contributed by atoms with E-state index in [9.17, 15) is 13.2 Å². The quantitative estimate of drug-likeness (QED) is 0.881. The molecule has 0 saturated carbocycles. The molecular formula is C14H15NO5S. The number of furan rings is 1. The number of hydrogen-bond acceptors (Lipinski definition) is 5. The fourth-order valence-electron chi connectivity index (χ4n) is 1.55. The summed E-state index contributed by atoms with van der Waals surface area (Å²) in [5.41, 5.74) is 0.590. The zero-order chi connectivity index (χ0) is 15.3. The van der Waals surface area contributed by atoms with Gasteiger partial charge in [-0.1, -0.05) is 0 Å². The third kappa shape index (κ3) is 4.96. The maximum absolute atomic E-state index is 11.7. The Bertz CT molecular complexity index is 689. The molecule has 6 nitrogen and oxygen atoms in total. The number of carbonyl (C=O) groups excluding carboxylic acids is 1. The minimum absolute atomic E-state index is 0.0377. The van der Waals surface area contributed by atoms with E-state index in [1.807, 2.05) is 0 Å². The Hall–Kier alpha value is -2.28. The third-order valence-electron chi connectivity index (χ3n) is 2.58. The van der Waals surface area contributed by atoms with Gasteiger partial charge in [0.15, 0.2) is 15.6 Å². The van der Waals surface area contributed by atoms with Crippen molar-refractivity contribution in [2.45, 2.75) is 0 Å². The molecule has 0 aliphatic carbocycles. The van der Waals surface area contributed by atoms with E-state index in [1.54, 1.807) is 36.4 Å². The highest BCUT2D eigenvalue weighted by Crippen LogP contribution is 2.16. The lowest BCUT2D eigenvalue weighted by molar-refractivity contribution is 0.0996. The van der Waals surface area contributed by atoms with Crippen molar-refractivity contribution in [3.05, 3.63) is 48.4 Å². The van der Waals surface area contributed by atoms with Crippen molar-refractivity contribution in [3.63, 3.8) is 0 Å². The second kappa shape index (κ2) is 6.45. The molecular weight excluding hydrogens is 294 g/mol. The molecule has 1 heterocycles. The van der Waals surface area contributed by atoms with Gasteiger partial charge in [-0.05, 0) is 36.4 Å². The minimum atomic E-state index is -3.04. The molecule has 0 fully saturated rings. The Morgan fingerprint density at radius 2 is 1.95 bits per heavy atom. The summed E-state index contributed by atoms with van der Waals surface area (Å²) in [5.74, 6) is 0.383. The van der Waals surface area contributed by atoms with Crippen LogP contribution in [0, 0.1) is 0 Å². The van der Waals surface area contributed by atoms with Gasteiger partial charge in [0.1, 0.15) is 12.4 Å². The first-order chi connectivity index (χ1) is 9.94. The molecule has 0 aliphatic rings. The standard InChI is InChI=1S/C14H15NO5S/c1-21(17,18)10-9-19-12-6-4-11(5-7-12)15-14(16)13-3-2-8-20-13/h2-8H,9-10H2,1H3,(H,15,16). The highest BCUT2D eigenvalue weighted by Gasteiger charge is 2.08. The minimum Gasteiger partial charge on any atom is -0.493 e. The van der Waals surface area contributed by atoms with Crippen LogP contribution in [-0.4, -0.2) is 32.9 Å². The van der Waals surface area contributed by atoms with Crippen LogP contribution in [-0.2, 0) is 9.84 Å². The van der Waals surface area contributed by atoms with E-state index in [-0.39, 0.29) is 24.0 Å². The van der Waals surface area contributed by atoms with E-state index in [0.29, 0.717) is 11.4 Å². The Morgan fingerprint density at radius 3 is 2.52 bits per heavy atom. The average Bonchev–Trinajstić information content (AvgIpc) is 2.93. The summed E-state index contributed by atoms with van der Waals surface area (Å²) in [6, 6.07) is 9.83. The molecule has 21 heavy (non-hydrogen) atoms. The molecule has 2 aromatic rings. The van der Waals surface area contributed by atoms with Crippen LogP contribution in [0.4, 0.5) is 5.69 Å². The lowest BCUT2D eigenvalue weighted by atomic mass is 10.3. The number of carbonyl (C=O) groups is 1. The third-order valence-corrected chi connectivity index (χ3v) is 3.49. The molecule has 0 bridgehead atoms. The first-order valence-electron chi connectivity index (χ1n) is 6.19. The molecule has 0 unspecified atom stereocenters. The zero-order valence-corrected chi connectivity index (χ0v) is 12.2. The summed E-state index contributed by atoms with van der Waals surface area (Å²) in [4.78, 5) is 11.7. The fraction of sp³-hybridized carbons (Fsp3) is 0.214. The number of nitrogens with one attached hydrogen (secondary N) is 1. The summed E-state index contributed by atoms with van der Waals surface area (Å²) >= 11 is 0. The normalized spacial score (nSPS) is 11.1. The van der Waals surface area contributed by atoms with Gasteiger partial charge >= 0.3 is 0 Å². The summed E-state index contributed by atoms with van der Waals surface area (Å²) in [7, 11) is -3.04. The number of hydrogen-bond donors (Lipinski definition) is 1. The van der Waals surface area contributed by atoms with Gasteiger partial charge in [-0.25, -0.2) is 8.42 Å². The van der Waals surface area contributed by atoms with Crippen LogP contribution in [0.15, 0.2) is 47.1 Å². The van der Waals surface area contributed by atoms with Crippen LogP contribution in [0.2, 0.25) is 0 Å². The Kier molecular flexibility index (Phi) is 4.64. The van der Waals surface area contributed by atoms with Crippen molar-refractivity contribution in [1.29, 1.82) is 0 Å². The van der Waals surface area contributed by atoms with Crippen molar-refractivity contribution < 1.29 is 22.4 Å². The molecule has 2 rings (SSSR count). The Morgan fingerprint density at radius 1 is 1.24 bits per heavy atom. The van der Waals surface area contributed by atoms with Gasteiger partial charge in [-0.3, -0.25) is 4.79 Å². The van der Waals surface area contributed by atoms with Gasteiger partial charge in [0.25, 0.3) is 5.91 Å². The molecule has 7 heteroatoms. The van der Waals surface area contributed by atoms with E-state index in [0.717, 1.165) is 6.26 Å². The summed E-state index contributed by atoms with van der Waals surface area (Å²) < 4.78 is 32.2. The average molecular weight is 309 g/mol. The van der Waals surface area contributed by atoms with Gasteiger partial charge in [0.05, 0.1) is 12.0 Å². The first kappa shape index (κ1) is 15.1. The maximum Gasteiger partial charge on any atom is 0.291 e. The van der Waals surface area contributed by atoms with Gasteiger partial charge in [-0.15, -0.1) is 0 Å². The van der Waals surface area contributed by atoms with Crippen LogP contribution in [0.1, 0.15) is 10.6 Å². The molecule has 0 saturated heterocycles. The highest BCUT2D eigenvalue weighted by molar-refractivity contribution is 7.90. The smallest absolute Gasteiger partial charge is 0.291 e.